The molecule has 1 unspecified atom stereocenters. The van der Waals surface area contributed by atoms with Crippen LogP contribution in [0.15, 0.2) is 0 Å². The molecule has 0 spiro atoms. The predicted molar refractivity (Wildman–Crippen MR) is 72.5 cm³/mol. The van der Waals surface area contributed by atoms with E-state index in [4.69, 9.17) is 5.73 Å². The molecular formula is C13H24N4O2. The molecule has 2 aliphatic rings. The molecule has 108 valence electrons. The summed E-state index contributed by atoms with van der Waals surface area (Å²) in [5.41, 5.74) is 6.07. The number of carbonyl (C=O) groups excluding carboxylic acids is 2. The Morgan fingerprint density at radius 3 is 2.58 bits per heavy atom. The van der Waals surface area contributed by atoms with E-state index in [0.717, 1.165) is 32.4 Å². The molecule has 6 heteroatoms. The summed E-state index contributed by atoms with van der Waals surface area (Å²) in [6.45, 7) is 6.07. The van der Waals surface area contributed by atoms with Crippen LogP contribution in [0.25, 0.3) is 0 Å². The van der Waals surface area contributed by atoms with Gasteiger partial charge in [-0.1, -0.05) is 13.8 Å². The largest absolute Gasteiger partial charge is 0.335 e. The van der Waals surface area contributed by atoms with Crippen molar-refractivity contribution in [2.45, 2.75) is 45.2 Å². The van der Waals surface area contributed by atoms with E-state index in [2.05, 4.69) is 29.4 Å². The van der Waals surface area contributed by atoms with Crippen molar-refractivity contribution >= 4 is 11.9 Å². The minimum atomic E-state index is -0.375. The number of imide groups is 1. The summed E-state index contributed by atoms with van der Waals surface area (Å²) in [5.74, 6) is -0.246. The van der Waals surface area contributed by atoms with E-state index < -0.39 is 0 Å². The zero-order chi connectivity index (χ0) is 14.0. The van der Waals surface area contributed by atoms with Crippen molar-refractivity contribution < 1.29 is 9.59 Å². The van der Waals surface area contributed by atoms with Gasteiger partial charge in [0, 0.05) is 25.2 Å². The van der Waals surface area contributed by atoms with Gasteiger partial charge in [-0.05, 0) is 24.7 Å². The molecule has 3 amide bonds. The molecule has 1 heterocycles. The first-order valence-electron chi connectivity index (χ1n) is 6.95. The van der Waals surface area contributed by atoms with E-state index in [9.17, 15) is 9.59 Å². The molecular weight excluding hydrogens is 244 g/mol. The molecule has 0 aromatic heterocycles. The molecule has 1 atom stereocenters. The highest BCUT2D eigenvalue weighted by Gasteiger charge is 2.34. The Bertz CT molecular complexity index is 366. The van der Waals surface area contributed by atoms with Gasteiger partial charge in [-0.2, -0.15) is 0 Å². The number of nitrogens with one attached hydrogen (secondary N) is 2. The summed E-state index contributed by atoms with van der Waals surface area (Å²) in [5, 5.41) is 5.11. The monoisotopic (exact) mass is 268 g/mol. The van der Waals surface area contributed by atoms with Crippen molar-refractivity contribution in [1.82, 2.24) is 15.5 Å². The minimum Gasteiger partial charge on any atom is -0.335 e. The van der Waals surface area contributed by atoms with Crippen LogP contribution in [-0.2, 0) is 4.79 Å². The molecule has 0 aromatic rings. The quantitative estimate of drug-likeness (QED) is 0.674. The highest BCUT2D eigenvalue weighted by atomic mass is 16.2. The van der Waals surface area contributed by atoms with Crippen LogP contribution in [-0.4, -0.2) is 48.6 Å². The summed E-state index contributed by atoms with van der Waals surface area (Å²) < 4.78 is 0. The highest BCUT2D eigenvalue weighted by Crippen LogP contribution is 2.27. The topological polar surface area (TPSA) is 87.5 Å². The van der Waals surface area contributed by atoms with E-state index >= 15 is 0 Å². The molecule has 0 bridgehead atoms. The summed E-state index contributed by atoms with van der Waals surface area (Å²) in [7, 11) is 0. The van der Waals surface area contributed by atoms with E-state index in [1.807, 2.05) is 0 Å². The smallest absolute Gasteiger partial charge is 0.321 e. The summed E-state index contributed by atoms with van der Waals surface area (Å²) >= 11 is 0. The molecule has 1 saturated carbocycles. The number of carbonyl (C=O) groups is 2. The van der Waals surface area contributed by atoms with Gasteiger partial charge in [0.25, 0.3) is 0 Å². The van der Waals surface area contributed by atoms with E-state index in [1.54, 1.807) is 0 Å². The number of hydrogen-bond acceptors (Lipinski definition) is 4. The van der Waals surface area contributed by atoms with Gasteiger partial charge >= 0.3 is 6.03 Å². The molecule has 1 saturated heterocycles. The lowest BCUT2D eigenvalue weighted by Gasteiger charge is -2.42. The summed E-state index contributed by atoms with van der Waals surface area (Å²) in [6, 6.07) is 0.0603. The number of nitrogens with zero attached hydrogens (tertiary/aromatic N) is 1. The molecule has 4 N–H and O–H groups in total. The second-order valence-corrected chi connectivity index (χ2v) is 6.39. The molecule has 6 nitrogen and oxygen atoms in total. The van der Waals surface area contributed by atoms with Crippen LogP contribution in [0, 0.1) is 5.41 Å². The predicted octanol–water partition coefficient (Wildman–Crippen LogP) is 0.0338. The number of urea groups is 1. The average Bonchev–Trinajstić information content (AvgIpc) is 3.06. The van der Waals surface area contributed by atoms with Crippen LogP contribution in [0.3, 0.4) is 0 Å². The van der Waals surface area contributed by atoms with Crippen LogP contribution < -0.4 is 16.4 Å². The van der Waals surface area contributed by atoms with Gasteiger partial charge in [-0.15, -0.1) is 0 Å². The minimum absolute atomic E-state index is 0.00873. The van der Waals surface area contributed by atoms with Gasteiger partial charge in [-0.3, -0.25) is 15.0 Å². The van der Waals surface area contributed by atoms with Crippen molar-refractivity contribution in [3.63, 3.8) is 0 Å². The lowest BCUT2D eigenvalue weighted by Crippen LogP contribution is -2.55. The molecule has 1 aliphatic heterocycles. The van der Waals surface area contributed by atoms with Crippen molar-refractivity contribution in [3.05, 3.63) is 0 Å². The maximum Gasteiger partial charge on any atom is 0.321 e. The first kappa shape index (κ1) is 14.3. The first-order chi connectivity index (χ1) is 8.87. The maximum atomic E-state index is 11.8. The number of likely N-dealkylation sites (tertiary alicyclic amines) is 1. The number of rotatable bonds is 3. The van der Waals surface area contributed by atoms with Crippen LogP contribution in [0.4, 0.5) is 4.79 Å². The Hall–Kier alpha value is -1.14. The molecule has 2 rings (SSSR count). The fourth-order valence-electron chi connectivity index (χ4n) is 2.44. The second-order valence-electron chi connectivity index (χ2n) is 6.39. The SMILES string of the molecule is CC1(C)CN(CC(=O)NC(=O)NC2CC2)CCC1N. The van der Waals surface area contributed by atoms with Crippen molar-refractivity contribution in [2.24, 2.45) is 11.1 Å². The van der Waals surface area contributed by atoms with Crippen molar-refractivity contribution in [1.29, 1.82) is 0 Å². The number of nitrogens with two attached hydrogens (primary N) is 1. The molecule has 1 aliphatic carbocycles. The van der Waals surface area contributed by atoms with E-state index in [0.29, 0.717) is 0 Å². The molecule has 0 radical (unpaired) electrons. The Balaban J connectivity index is 1.74. The van der Waals surface area contributed by atoms with Gasteiger partial charge in [0.1, 0.15) is 0 Å². The number of amides is 3. The van der Waals surface area contributed by atoms with Crippen LogP contribution in [0.5, 0.6) is 0 Å². The number of piperidine rings is 1. The van der Waals surface area contributed by atoms with Gasteiger partial charge in [0.15, 0.2) is 0 Å². The Kier molecular flexibility index (Phi) is 4.10. The van der Waals surface area contributed by atoms with E-state index in [-0.39, 0.29) is 36.0 Å². The third-order valence-electron chi connectivity index (χ3n) is 3.92. The van der Waals surface area contributed by atoms with Crippen LogP contribution in [0.2, 0.25) is 0 Å². The van der Waals surface area contributed by atoms with Gasteiger partial charge in [-0.25, -0.2) is 4.79 Å². The second kappa shape index (κ2) is 5.46. The number of hydrogen-bond donors (Lipinski definition) is 3. The Labute approximate surface area is 114 Å². The maximum absolute atomic E-state index is 11.8. The lowest BCUT2D eigenvalue weighted by molar-refractivity contribution is -0.122. The lowest BCUT2D eigenvalue weighted by atomic mass is 9.80. The van der Waals surface area contributed by atoms with Crippen LogP contribution in [0.1, 0.15) is 33.1 Å². The first-order valence-corrected chi connectivity index (χ1v) is 6.95. The fraction of sp³-hybridized carbons (Fsp3) is 0.846. The third kappa shape index (κ3) is 4.18. The fourth-order valence-corrected chi connectivity index (χ4v) is 2.44. The van der Waals surface area contributed by atoms with Crippen LogP contribution >= 0.6 is 0 Å². The third-order valence-corrected chi connectivity index (χ3v) is 3.92. The average molecular weight is 268 g/mol. The van der Waals surface area contributed by atoms with E-state index in [1.165, 1.54) is 0 Å². The Morgan fingerprint density at radius 2 is 2.00 bits per heavy atom. The zero-order valence-electron chi connectivity index (χ0n) is 11.7. The van der Waals surface area contributed by atoms with Crippen molar-refractivity contribution in [2.75, 3.05) is 19.6 Å². The molecule has 19 heavy (non-hydrogen) atoms. The zero-order valence-corrected chi connectivity index (χ0v) is 11.7. The normalized spacial score (nSPS) is 26.8. The Morgan fingerprint density at radius 1 is 1.32 bits per heavy atom. The van der Waals surface area contributed by atoms with Gasteiger partial charge in [0.2, 0.25) is 5.91 Å². The summed E-state index contributed by atoms with van der Waals surface area (Å²) in [6.07, 6.45) is 2.91. The summed E-state index contributed by atoms with van der Waals surface area (Å²) in [4.78, 5) is 25.3. The highest BCUT2D eigenvalue weighted by molar-refractivity contribution is 5.95. The molecule has 2 fully saturated rings. The molecule has 0 aromatic carbocycles. The van der Waals surface area contributed by atoms with Gasteiger partial charge in [0.05, 0.1) is 6.54 Å². The van der Waals surface area contributed by atoms with Gasteiger partial charge < -0.3 is 11.1 Å². The van der Waals surface area contributed by atoms with Crippen molar-refractivity contribution in [3.8, 4) is 0 Å². The standard InChI is InChI=1S/C13H24N4O2/c1-13(2)8-17(6-5-10(13)14)7-11(18)16-12(19)15-9-3-4-9/h9-10H,3-8,14H2,1-2H3,(H2,15,16,18,19).